The number of rotatable bonds is 8. The van der Waals surface area contributed by atoms with Gasteiger partial charge in [-0.2, -0.15) is 5.10 Å². The second-order valence-corrected chi connectivity index (χ2v) is 7.55. The molecule has 0 saturated heterocycles. The molecule has 1 aliphatic rings. The number of amides is 1. The van der Waals surface area contributed by atoms with E-state index in [-0.39, 0.29) is 23.3 Å². The molecule has 10 heteroatoms. The third kappa shape index (κ3) is 4.47. The molecule has 0 aromatic carbocycles. The summed E-state index contributed by atoms with van der Waals surface area (Å²) in [5.41, 5.74) is 0.0973. The van der Waals surface area contributed by atoms with Crippen LogP contribution in [0.15, 0.2) is 35.2 Å². The van der Waals surface area contributed by atoms with Gasteiger partial charge in [-0.05, 0) is 44.7 Å². The first kappa shape index (κ1) is 20.0. The lowest BCUT2D eigenvalue weighted by atomic mass is 10.2. The highest BCUT2D eigenvalue weighted by molar-refractivity contribution is 6.03. The average Bonchev–Trinajstić information content (AvgIpc) is 3.23. The summed E-state index contributed by atoms with van der Waals surface area (Å²) in [6, 6.07) is 3.38. The fourth-order valence-corrected chi connectivity index (χ4v) is 2.86. The predicted molar refractivity (Wildman–Crippen MR) is 106 cm³/mol. The van der Waals surface area contributed by atoms with Crippen molar-refractivity contribution in [1.29, 1.82) is 0 Å². The van der Waals surface area contributed by atoms with Crippen molar-refractivity contribution in [2.24, 2.45) is 5.92 Å². The highest BCUT2D eigenvalue weighted by Gasteiger charge is 2.23. The molecule has 0 spiro atoms. The van der Waals surface area contributed by atoms with E-state index in [2.05, 4.69) is 25.7 Å². The van der Waals surface area contributed by atoms with Crippen molar-refractivity contribution in [3.8, 4) is 11.5 Å². The van der Waals surface area contributed by atoms with Crippen LogP contribution in [0.3, 0.4) is 0 Å². The molecule has 0 unspecified atom stereocenters. The molecule has 30 heavy (non-hydrogen) atoms. The lowest BCUT2D eigenvalue weighted by Crippen LogP contribution is -2.13. The Hall–Kier alpha value is -3.30. The predicted octanol–water partition coefficient (Wildman–Crippen LogP) is 4.53. The number of hydrogen-bond donors (Lipinski definition) is 2. The summed E-state index contributed by atoms with van der Waals surface area (Å²) in [4.78, 5) is 21.0. The molecule has 3 aromatic rings. The van der Waals surface area contributed by atoms with Crippen LogP contribution in [0.25, 0.3) is 11.5 Å². The second kappa shape index (κ2) is 8.21. The number of halogens is 2. The van der Waals surface area contributed by atoms with E-state index in [9.17, 15) is 13.6 Å². The largest absolute Gasteiger partial charge is 0.444 e. The molecule has 1 saturated carbocycles. The van der Waals surface area contributed by atoms with Gasteiger partial charge in [0.1, 0.15) is 12.1 Å². The van der Waals surface area contributed by atoms with E-state index in [1.54, 1.807) is 32.2 Å². The van der Waals surface area contributed by atoms with Crippen molar-refractivity contribution < 1.29 is 18.0 Å². The van der Waals surface area contributed by atoms with Crippen molar-refractivity contribution in [1.82, 2.24) is 19.7 Å². The standard InChI is InChI=1S/C20H22F2N6O2/c1-11(2)28-9-14(17(27-28)18(21)22)25-19(29)15-10-30-20(26-15)13-5-6-23-16(7-13)24-8-12-3-4-12/h5-7,9-12,18H,3-4,8H2,1-2H3,(H,23,24)(H,25,29). The van der Waals surface area contributed by atoms with E-state index in [0.29, 0.717) is 17.3 Å². The first-order valence-corrected chi connectivity index (χ1v) is 9.75. The molecule has 1 aliphatic carbocycles. The lowest BCUT2D eigenvalue weighted by molar-refractivity contribution is 0.102. The lowest BCUT2D eigenvalue weighted by Gasteiger charge is -2.04. The zero-order valence-corrected chi connectivity index (χ0v) is 16.6. The molecule has 0 atom stereocenters. The van der Waals surface area contributed by atoms with Gasteiger partial charge in [0, 0.05) is 30.5 Å². The Morgan fingerprint density at radius 2 is 2.17 bits per heavy atom. The maximum Gasteiger partial charge on any atom is 0.284 e. The normalized spacial score (nSPS) is 13.8. The first-order valence-electron chi connectivity index (χ1n) is 9.75. The topological polar surface area (TPSA) is 97.9 Å². The Bertz CT molecular complexity index is 1040. The van der Waals surface area contributed by atoms with Crippen molar-refractivity contribution in [3.63, 3.8) is 0 Å². The van der Waals surface area contributed by atoms with Gasteiger partial charge in [-0.25, -0.2) is 18.7 Å². The number of carbonyl (C=O) groups is 1. The van der Waals surface area contributed by atoms with Crippen LogP contribution in [-0.4, -0.2) is 32.2 Å². The Labute approximate surface area is 171 Å². The van der Waals surface area contributed by atoms with Crippen LogP contribution in [0.5, 0.6) is 0 Å². The molecular formula is C20H22F2N6O2. The van der Waals surface area contributed by atoms with E-state index in [4.69, 9.17) is 4.42 Å². The van der Waals surface area contributed by atoms with E-state index in [1.807, 2.05) is 0 Å². The number of hydrogen-bond acceptors (Lipinski definition) is 6. The molecule has 3 aromatic heterocycles. The number of nitrogens with zero attached hydrogens (tertiary/aromatic N) is 4. The SMILES string of the molecule is CC(C)n1cc(NC(=O)c2coc(-c3ccnc(NCC4CC4)c3)n2)c(C(F)F)n1. The summed E-state index contributed by atoms with van der Waals surface area (Å²) in [5, 5.41) is 9.56. The molecule has 2 N–H and O–H groups in total. The van der Waals surface area contributed by atoms with Crippen LogP contribution in [0.4, 0.5) is 20.3 Å². The maximum absolute atomic E-state index is 13.3. The van der Waals surface area contributed by atoms with Crippen LogP contribution in [0.2, 0.25) is 0 Å². The van der Waals surface area contributed by atoms with Crippen molar-refractivity contribution >= 4 is 17.4 Å². The minimum Gasteiger partial charge on any atom is -0.444 e. The minimum atomic E-state index is -2.81. The summed E-state index contributed by atoms with van der Waals surface area (Å²) in [6.07, 6.45) is 3.85. The molecule has 4 rings (SSSR count). The van der Waals surface area contributed by atoms with Gasteiger partial charge in [-0.3, -0.25) is 9.48 Å². The first-order chi connectivity index (χ1) is 14.4. The van der Waals surface area contributed by atoms with Gasteiger partial charge in [0.05, 0.1) is 5.69 Å². The third-order valence-corrected chi connectivity index (χ3v) is 4.76. The number of anilines is 2. The third-order valence-electron chi connectivity index (χ3n) is 4.76. The van der Waals surface area contributed by atoms with Crippen molar-refractivity contribution in [2.75, 3.05) is 17.2 Å². The molecule has 3 heterocycles. The van der Waals surface area contributed by atoms with E-state index >= 15 is 0 Å². The number of pyridine rings is 1. The van der Waals surface area contributed by atoms with Gasteiger partial charge in [0.25, 0.3) is 12.3 Å². The number of oxazole rings is 1. The monoisotopic (exact) mass is 416 g/mol. The van der Waals surface area contributed by atoms with Crippen LogP contribution in [-0.2, 0) is 0 Å². The van der Waals surface area contributed by atoms with E-state index < -0.39 is 18.0 Å². The Morgan fingerprint density at radius 1 is 1.37 bits per heavy atom. The van der Waals surface area contributed by atoms with Gasteiger partial charge >= 0.3 is 0 Å². The van der Waals surface area contributed by atoms with Gasteiger partial charge in [0.2, 0.25) is 5.89 Å². The van der Waals surface area contributed by atoms with Crippen LogP contribution in [0, 0.1) is 5.92 Å². The molecule has 0 bridgehead atoms. The zero-order valence-electron chi connectivity index (χ0n) is 16.6. The Morgan fingerprint density at radius 3 is 2.87 bits per heavy atom. The molecule has 1 amide bonds. The van der Waals surface area contributed by atoms with Gasteiger partial charge < -0.3 is 15.1 Å². The van der Waals surface area contributed by atoms with Crippen LogP contribution >= 0.6 is 0 Å². The number of carbonyl (C=O) groups excluding carboxylic acids is 1. The zero-order chi connectivity index (χ0) is 21.3. The van der Waals surface area contributed by atoms with E-state index in [0.717, 1.165) is 6.54 Å². The highest BCUT2D eigenvalue weighted by atomic mass is 19.3. The molecular weight excluding hydrogens is 394 g/mol. The summed E-state index contributed by atoms with van der Waals surface area (Å²) < 4.78 is 33.3. The summed E-state index contributed by atoms with van der Waals surface area (Å²) >= 11 is 0. The molecule has 0 aliphatic heterocycles. The van der Waals surface area contributed by atoms with Crippen molar-refractivity contribution in [2.45, 2.75) is 39.2 Å². The second-order valence-electron chi connectivity index (χ2n) is 7.55. The molecule has 1 fully saturated rings. The van der Waals surface area contributed by atoms with Gasteiger partial charge in [0.15, 0.2) is 11.4 Å². The maximum atomic E-state index is 13.3. The molecule has 0 radical (unpaired) electrons. The Kier molecular flexibility index (Phi) is 5.47. The van der Waals surface area contributed by atoms with Crippen molar-refractivity contribution in [3.05, 3.63) is 42.2 Å². The Balaban J connectivity index is 1.49. The number of alkyl halides is 2. The molecule has 8 nitrogen and oxygen atoms in total. The average molecular weight is 416 g/mol. The number of aromatic nitrogens is 4. The summed E-state index contributed by atoms with van der Waals surface area (Å²) in [6.45, 7) is 4.48. The highest BCUT2D eigenvalue weighted by Crippen LogP contribution is 2.30. The summed E-state index contributed by atoms with van der Waals surface area (Å²) in [5.74, 6) is 0.984. The fourth-order valence-electron chi connectivity index (χ4n) is 2.86. The van der Waals surface area contributed by atoms with E-state index in [1.165, 1.54) is 30.0 Å². The van der Waals surface area contributed by atoms with Gasteiger partial charge in [-0.15, -0.1) is 0 Å². The molecule has 158 valence electrons. The summed E-state index contributed by atoms with van der Waals surface area (Å²) in [7, 11) is 0. The quantitative estimate of drug-likeness (QED) is 0.560. The van der Waals surface area contributed by atoms with Gasteiger partial charge in [-0.1, -0.05) is 0 Å². The number of nitrogens with one attached hydrogen (secondary N) is 2. The van der Waals surface area contributed by atoms with Crippen LogP contribution in [0.1, 0.15) is 55.3 Å². The smallest absolute Gasteiger partial charge is 0.284 e. The fraction of sp³-hybridized carbons (Fsp3) is 0.400. The van der Waals surface area contributed by atoms with Crippen LogP contribution < -0.4 is 10.6 Å². The minimum absolute atomic E-state index is 0.0215.